The second-order valence-electron chi connectivity index (χ2n) is 2.93. The lowest BCUT2D eigenvalue weighted by atomic mass is 10.4. The minimum atomic E-state index is -0.173. The van der Waals surface area contributed by atoms with Crippen molar-refractivity contribution < 1.29 is 5.11 Å². The van der Waals surface area contributed by atoms with Crippen LogP contribution in [0.15, 0.2) is 16.0 Å². The number of hydrogen-bond acceptors (Lipinski definition) is 5. The Morgan fingerprint density at radius 2 is 2.47 bits per heavy atom. The molecule has 0 fully saturated rings. The first kappa shape index (κ1) is 10.2. The zero-order valence-corrected chi connectivity index (χ0v) is 8.91. The van der Waals surface area contributed by atoms with E-state index >= 15 is 0 Å². The molecule has 2 aromatic rings. The van der Waals surface area contributed by atoms with E-state index < -0.39 is 0 Å². The lowest BCUT2D eigenvalue weighted by molar-refractivity contribution is 0.322. The number of fused-ring (bicyclic) bond motifs is 1. The van der Waals surface area contributed by atoms with E-state index in [-0.39, 0.29) is 12.2 Å². The molecule has 0 aliphatic heterocycles. The third-order valence-electron chi connectivity index (χ3n) is 1.90. The highest BCUT2D eigenvalue weighted by molar-refractivity contribution is 7.99. The van der Waals surface area contributed by atoms with Crippen molar-refractivity contribution in [3.63, 3.8) is 0 Å². The van der Waals surface area contributed by atoms with Crippen LogP contribution in [0, 0.1) is 6.92 Å². The Hall–Kier alpha value is -1.34. The molecule has 0 saturated heterocycles. The number of nitrogens with zero attached hydrogens (tertiary/aromatic N) is 3. The van der Waals surface area contributed by atoms with Crippen molar-refractivity contribution in [1.29, 1.82) is 0 Å². The molecule has 0 aliphatic rings. The van der Waals surface area contributed by atoms with Gasteiger partial charge in [-0.15, -0.1) is 11.8 Å². The maximum atomic E-state index is 11.9. The Kier molecular flexibility index (Phi) is 2.74. The summed E-state index contributed by atoms with van der Waals surface area (Å²) in [7, 11) is 0. The summed E-state index contributed by atoms with van der Waals surface area (Å²) in [5.74, 6) is 0.851. The first-order valence-corrected chi connectivity index (χ1v) is 5.39. The predicted octanol–water partition coefficient (Wildman–Crippen LogP) is -0.190. The number of aryl methyl sites for hydroxylation is 1. The van der Waals surface area contributed by atoms with E-state index in [0.29, 0.717) is 22.1 Å². The van der Waals surface area contributed by atoms with Gasteiger partial charge in [-0.25, -0.2) is 9.97 Å². The Morgan fingerprint density at radius 3 is 3.20 bits per heavy atom. The van der Waals surface area contributed by atoms with Crippen molar-refractivity contribution in [1.82, 2.24) is 19.6 Å². The van der Waals surface area contributed by atoms with Crippen molar-refractivity contribution in [2.45, 2.75) is 11.8 Å². The van der Waals surface area contributed by atoms with Crippen LogP contribution in [-0.4, -0.2) is 37.0 Å². The Bertz CT molecular complexity index is 533. The fraction of sp³-hybridized carbons (Fsp3) is 0.375. The molecule has 0 spiro atoms. The van der Waals surface area contributed by atoms with Crippen molar-refractivity contribution in [3.8, 4) is 0 Å². The van der Waals surface area contributed by atoms with Gasteiger partial charge in [0.2, 0.25) is 0 Å². The zero-order chi connectivity index (χ0) is 10.8. The van der Waals surface area contributed by atoms with Gasteiger partial charge in [-0.2, -0.15) is 4.52 Å². The highest BCUT2D eigenvalue weighted by Gasteiger charge is 2.10. The first-order chi connectivity index (χ1) is 7.24. The molecule has 0 radical (unpaired) electrons. The van der Waals surface area contributed by atoms with Gasteiger partial charge in [-0.05, 0) is 6.92 Å². The van der Waals surface area contributed by atoms with Gasteiger partial charge in [0.05, 0.1) is 17.2 Å². The number of nitrogens with one attached hydrogen (secondary N) is 1. The highest BCUT2D eigenvalue weighted by atomic mass is 32.2. The first-order valence-electron chi connectivity index (χ1n) is 4.40. The molecule has 0 aromatic carbocycles. The fourth-order valence-corrected chi connectivity index (χ4v) is 2.02. The summed E-state index contributed by atoms with van der Waals surface area (Å²) in [6.07, 6.45) is 1.42. The average Bonchev–Trinajstić information content (AvgIpc) is 2.65. The summed E-state index contributed by atoms with van der Waals surface area (Å²) in [4.78, 5) is 20.5. The average molecular weight is 226 g/mol. The molecule has 15 heavy (non-hydrogen) atoms. The molecule has 6 nitrogen and oxygen atoms in total. The third kappa shape index (κ3) is 1.75. The van der Waals surface area contributed by atoms with Gasteiger partial charge in [0, 0.05) is 5.75 Å². The normalized spacial score (nSPS) is 11.1. The van der Waals surface area contributed by atoms with Gasteiger partial charge in [-0.1, -0.05) is 0 Å². The molecule has 80 valence electrons. The smallest absolute Gasteiger partial charge is 0.287 e. The maximum Gasteiger partial charge on any atom is 0.287 e. The van der Waals surface area contributed by atoms with Crippen LogP contribution in [0.1, 0.15) is 5.69 Å². The molecule has 7 heteroatoms. The number of aromatic nitrogens is 4. The van der Waals surface area contributed by atoms with Crippen LogP contribution in [0.2, 0.25) is 0 Å². The molecule has 0 amide bonds. The number of aromatic amines is 1. The number of aliphatic hydroxyl groups excluding tert-OH is 1. The largest absolute Gasteiger partial charge is 0.396 e. The van der Waals surface area contributed by atoms with Crippen LogP contribution >= 0.6 is 11.8 Å². The molecule has 0 atom stereocenters. The maximum absolute atomic E-state index is 11.9. The highest BCUT2D eigenvalue weighted by Crippen LogP contribution is 2.15. The summed E-state index contributed by atoms with van der Waals surface area (Å²) in [5.41, 5.74) is 0.471. The molecule has 2 aromatic heterocycles. The summed E-state index contributed by atoms with van der Waals surface area (Å²) >= 11 is 1.30. The van der Waals surface area contributed by atoms with Crippen molar-refractivity contribution >= 4 is 17.5 Å². The van der Waals surface area contributed by atoms with Crippen LogP contribution < -0.4 is 5.56 Å². The quantitative estimate of drug-likeness (QED) is 0.709. The SMILES string of the molecule is Cc1nc2nc[nH]n2c(=O)c1SCCO. The lowest BCUT2D eigenvalue weighted by Crippen LogP contribution is -2.19. The predicted molar refractivity (Wildman–Crippen MR) is 56.2 cm³/mol. The fourth-order valence-electron chi connectivity index (χ4n) is 1.26. The van der Waals surface area contributed by atoms with E-state index in [2.05, 4.69) is 15.1 Å². The van der Waals surface area contributed by atoms with Crippen LogP contribution in [-0.2, 0) is 0 Å². The molecule has 0 unspecified atom stereocenters. The van der Waals surface area contributed by atoms with Gasteiger partial charge in [0.1, 0.15) is 6.33 Å². The molecular weight excluding hydrogens is 216 g/mol. The molecule has 2 rings (SSSR count). The van der Waals surface area contributed by atoms with E-state index in [1.165, 1.54) is 22.6 Å². The van der Waals surface area contributed by atoms with Crippen LogP contribution in [0.3, 0.4) is 0 Å². The Labute approximate surface area is 89.4 Å². The molecule has 0 saturated carbocycles. The second kappa shape index (κ2) is 4.03. The summed E-state index contributed by atoms with van der Waals surface area (Å²) < 4.78 is 1.28. The van der Waals surface area contributed by atoms with Crippen LogP contribution in [0.4, 0.5) is 0 Å². The zero-order valence-electron chi connectivity index (χ0n) is 8.10. The number of aliphatic hydroxyl groups is 1. The summed E-state index contributed by atoms with van der Waals surface area (Å²) in [6, 6.07) is 0. The van der Waals surface area contributed by atoms with Gasteiger partial charge in [0.15, 0.2) is 0 Å². The summed E-state index contributed by atoms with van der Waals surface area (Å²) in [6.45, 7) is 1.80. The molecular formula is C8H10N4O2S. The van der Waals surface area contributed by atoms with E-state index in [4.69, 9.17) is 5.11 Å². The van der Waals surface area contributed by atoms with Gasteiger partial charge in [0.25, 0.3) is 11.3 Å². The number of rotatable bonds is 3. The van der Waals surface area contributed by atoms with Gasteiger partial charge in [-0.3, -0.25) is 9.89 Å². The van der Waals surface area contributed by atoms with Crippen LogP contribution in [0.5, 0.6) is 0 Å². The van der Waals surface area contributed by atoms with Crippen molar-refractivity contribution in [2.24, 2.45) is 0 Å². The summed E-state index contributed by atoms with van der Waals surface area (Å²) in [5, 5.41) is 11.4. The van der Waals surface area contributed by atoms with Crippen molar-refractivity contribution in [3.05, 3.63) is 22.4 Å². The molecule has 0 aliphatic carbocycles. The topological polar surface area (TPSA) is 83.3 Å². The molecule has 0 bridgehead atoms. The molecule has 2 N–H and O–H groups in total. The van der Waals surface area contributed by atoms with Crippen molar-refractivity contribution in [2.75, 3.05) is 12.4 Å². The van der Waals surface area contributed by atoms with E-state index in [1.807, 2.05) is 0 Å². The second-order valence-corrected chi connectivity index (χ2v) is 4.03. The monoisotopic (exact) mass is 226 g/mol. The van der Waals surface area contributed by atoms with E-state index in [9.17, 15) is 4.79 Å². The number of thioether (sulfide) groups is 1. The Morgan fingerprint density at radius 1 is 1.67 bits per heavy atom. The van der Waals surface area contributed by atoms with Gasteiger partial charge < -0.3 is 5.11 Å². The lowest BCUT2D eigenvalue weighted by Gasteiger charge is -2.02. The third-order valence-corrected chi connectivity index (χ3v) is 3.04. The molecule has 2 heterocycles. The Balaban J connectivity index is 2.57. The minimum Gasteiger partial charge on any atom is -0.396 e. The van der Waals surface area contributed by atoms with Crippen LogP contribution in [0.25, 0.3) is 5.78 Å². The number of hydrogen-bond donors (Lipinski definition) is 2. The van der Waals surface area contributed by atoms with Gasteiger partial charge >= 0.3 is 0 Å². The minimum absolute atomic E-state index is 0.0369. The van der Waals surface area contributed by atoms with E-state index in [1.54, 1.807) is 6.92 Å². The standard InChI is InChI=1S/C8H10N4O2S/c1-5-6(15-3-2-13)7(14)12-8(11-5)9-4-10-12/h4,13H,2-3H2,1H3,(H,9,10,11). The van der Waals surface area contributed by atoms with E-state index in [0.717, 1.165) is 0 Å². The number of H-pyrrole nitrogens is 1.